The molecule has 1 unspecified atom stereocenters. The summed E-state index contributed by atoms with van der Waals surface area (Å²) in [5.74, 6) is 0.931. The molecule has 1 atom stereocenters. The van der Waals surface area contributed by atoms with Crippen LogP contribution >= 0.6 is 0 Å². The van der Waals surface area contributed by atoms with E-state index in [-0.39, 0.29) is 0 Å². The van der Waals surface area contributed by atoms with Gasteiger partial charge in [0.25, 0.3) is 0 Å². The summed E-state index contributed by atoms with van der Waals surface area (Å²) in [4.78, 5) is 2.58. The van der Waals surface area contributed by atoms with Gasteiger partial charge in [0.05, 0.1) is 0 Å². The number of nitrogens with zero attached hydrogens (tertiary/aromatic N) is 1. The third kappa shape index (κ3) is 4.12. The number of nitrogens with one attached hydrogen (secondary N) is 1. The lowest BCUT2D eigenvalue weighted by Crippen LogP contribution is -2.43. The van der Waals surface area contributed by atoms with Crippen LogP contribution in [0, 0.1) is 5.92 Å². The summed E-state index contributed by atoms with van der Waals surface area (Å²) in [6.45, 7) is 8.23. The van der Waals surface area contributed by atoms with Crippen LogP contribution < -0.4 is 5.32 Å². The second-order valence-electron chi connectivity index (χ2n) is 4.83. The Morgan fingerprint density at radius 1 is 1.27 bits per heavy atom. The molecule has 0 radical (unpaired) electrons. The van der Waals surface area contributed by atoms with E-state index in [0.29, 0.717) is 0 Å². The number of rotatable bonds is 7. The minimum Gasteiger partial charge on any atom is -0.315 e. The van der Waals surface area contributed by atoms with E-state index in [2.05, 4.69) is 31.1 Å². The Hall–Kier alpha value is -0.0800. The molecule has 1 saturated carbocycles. The highest BCUT2D eigenvalue weighted by atomic mass is 15.1. The standard InChI is InChI=1S/C13H28N2/c1-4-10-15(5-2)11-13(14-3)12-8-6-7-9-12/h12-14H,4-11H2,1-3H3. The Morgan fingerprint density at radius 3 is 2.40 bits per heavy atom. The molecule has 0 aromatic carbocycles. The highest BCUT2D eigenvalue weighted by molar-refractivity contribution is 4.82. The van der Waals surface area contributed by atoms with Gasteiger partial charge >= 0.3 is 0 Å². The van der Waals surface area contributed by atoms with E-state index >= 15 is 0 Å². The molecule has 1 fully saturated rings. The van der Waals surface area contributed by atoms with Crippen molar-refractivity contribution in [2.24, 2.45) is 5.92 Å². The van der Waals surface area contributed by atoms with Gasteiger partial charge in [-0.3, -0.25) is 0 Å². The number of likely N-dealkylation sites (N-methyl/N-ethyl adjacent to an activating group) is 2. The fourth-order valence-electron chi connectivity index (χ4n) is 2.81. The van der Waals surface area contributed by atoms with Gasteiger partial charge in [0, 0.05) is 12.6 Å². The summed E-state index contributed by atoms with van der Waals surface area (Å²) in [5.41, 5.74) is 0. The van der Waals surface area contributed by atoms with Crippen molar-refractivity contribution in [1.82, 2.24) is 10.2 Å². The Bertz CT molecular complexity index is 153. The van der Waals surface area contributed by atoms with Crippen LogP contribution in [0.2, 0.25) is 0 Å². The van der Waals surface area contributed by atoms with E-state index in [0.717, 1.165) is 12.0 Å². The van der Waals surface area contributed by atoms with Crippen molar-refractivity contribution >= 4 is 0 Å². The van der Waals surface area contributed by atoms with Crippen LogP contribution in [-0.2, 0) is 0 Å². The molecule has 0 heterocycles. The van der Waals surface area contributed by atoms with Crippen molar-refractivity contribution in [3.8, 4) is 0 Å². The van der Waals surface area contributed by atoms with E-state index in [1.807, 2.05) is 0 Å². The molecule has 0 aromatic heterocycles. The van der Waals surface area contributed by atoms with Gasteiger partial charge in [-0.25, -0.2) is 0 Å². The highest BCUT2D eigenvalue weighted by Gasteiger charge is 2.24. The summed E-state index contributed by atoms with van der Waals surface area (Å²) < 4.78 is 0. The molecule has 1 N–H and O–H groups in total. The van der Waals surface area contributed by atoms with E-state index < -0.39 is 0 Å². The molecule has 0 bridgehead atoms. The van der Waals surface area contributed by atoms with E-state index in [1.54, 1.807) is 0 Å². The maximum atomic E-state index is 3.53. The van der Waals surface area contributed by atoms with Crippen LogP contribution in [0.3, 0.4) is 0 Å². The van der Waals surface area contributed by atoms with E-state index in [1.165, 1.54) is 51.7 Å². The molecule has 0 aromatic rings. The molecule has 0 saturated heterocycles. The first-order valence-electron chi connectivity index (χ1n) is 6.71. The van der Waals surface area contributed by atoms with Gasteiger partial charge in [-0.15, -0.1) is 0 Å². The average molecular weight is 212 g/mol. The Balaban J connectivity index is 2.36. The zero-order chi connectivity index (χ0) is 11.1. The van der Waals surface area contributed by atoms with Gasteiger partial charge < -0.3 is 10.2 Å². The molecule has 1 rings (SSSR count). The Morgan fingerprint density at radius 2 is 1.93 bits per heavy atom. The number of hydrogen-bond acceptors (Lipinski definition) is 2. The third-order valence-corrected chi connectivity index (χ3v) is 3.78. The lowest BCUT2D eigenvalue weighted by Gasteiger charge is -2.29. The molecule has 0 spiro atoms. The lowest BCUT2D eigenvalue weighted by atomic mass is 9.97. The fourth-order valence-corrected chi connectivity index (χ4v) is 2.81. The van der Waals surface area contributed by atoms with Crippen molar-refractivity contribution in [3.63, 3.8) is 0 Å². The quantitative estimate of drug-likeness (QED) is 0.697. The van der Waals surface area contributed by atoms with Crippen LogP contribution in [0.5, 0.6) is 0 Å². The third-order valence-electron chi connectivity index (χ3n) is 3.78. The van der Waals surface area contributed by atoms with Crippen LogP contribution in [0.25, 0.3) is 0 Å². The SMILES string of the molecule is CCCN(CC)CC(NC)C1CCCC1. The van der Waals surface area contributed by atoms with Crippen LogP contribution in [0.4, 0.5) is 0 Å². The van der Waals surface area contributed by atoms with Gasteiger partial charge in [0.15, 0.2) is 0 Å². The first-order valence-corrected chi connectivity index (χ1v) is 6.71. The molecular formula is C13H28N2. The van der Waals surface area contributed by atoms with Crippen LogP contribution in [0.15, 0.2) is 0 Å². The molecule has 90 valence electrons. The van der Waals surface area contributed by atoms with Crippen molar-refractivity contribution in [2.45, 2.75) is 52.0 Å². The van der Waals surface area contributed by atoms with Crippen LogP contribution in [-0.4, -0.2) is 37.6 Å². The average Bonchev–Trinajstić information content (AvgIpc) is 2.77. The van der Waals surface area contributed by atoms with Crippen molar-refractivity contribution in [2.75, 3.05) is 26.7 Å². The molecule has 15 heavy (non-hydrogen) atoms. The Labute approximate surface area is 95.4 Å². The summed E-state index contributed by atoms with van der Waals surface area (Å²) in [6, 6.07) is 0.721. The van der Waals surface area contributed by atoms with Crippen molar-refractivity contribution in [3.05, 3.63) is 0 Å². The topological polar surface area (TPSA) is 15.3 Å². The predicted molar refractivity (Wildman–Crippen MR) is 67.2 cm³/mol. The van der Waals surface area contributed by atoms with Gasteiger partial charge in [-0.05, 0) is 45.3 Å². The molecule has 1 aliphatic rings. The van der Waals surface area contributed by atoms with Gasteiger partial charge in [0.2, 0.25) is 0 Å². The second kappa shape index (κ2) is 7.24. The smallest absolute Gasteiger partial charge is 0.0220 e. The maximum absolute atomic E-state index is 3.53. The first kappa shape index (κ1) is 13.0. The first-order chi connectivity index (χ1) is 7.31. The number of hydrogen-bond donors (Lipinski definition) is 1. The molecule has 0 aliphatic heterocycles. The molecule has 2 heteroatoms. The predicted octanol–water partition coefficient (Wildman–Crippen LogP) is 2.50. The minimum atomic E-state index is 0.721. The zero-order valence-electron chi connectivity index (χ0n) is 10.8. The molecule has 0 amide bonds. The second-order valence-corrected chi connectivity index (χ2v) is 4.83. The fraction of sp³-hybridized carbons (Fsp3) is 1.00. The highest BCUT2D eigenvalue weighted by Crippen LogP contribution is 2.27. The Kier molecular flexibility index (Phi) is 6.26. The molecule has 1 aliphatic carbocycles. The largest absolute Gasteiger partial charge is 0.315 e. The lowest BCUT2D eigenvalue weighted by molar-refractivity contribution is 0.222. The van der Waals surface area contributed by atoms with E-state index in [9.17, 15) is 0 Å². The zero-order valence-corrected chi connectivity index (χ0v) is 10.8. The van der Waals surface area contributed by atoms with Gasteiger partial charge in [-0.2, -0.15) is 0 Å². The molecular weight excluding hydrogens is 184 g/mol. The normalized spacial score (nSPS) is 20.0. The van der Waals surface area contributed by atoms with Gasteiger partial charge in [0.1, 0.15) is 0 Å². The van der Waals surface area contributed by atoms with Crippen LogP contribution in [0.1, 0.15) is 46.0 Å². The summed E-state index contributed by atoms with van der Waals surface area (Å²) >= 11 is 0. The van der Waals surface area contributed by atoms with Crippen molar-refractivity contribution in [1.29, 1.82) is 0 Å². The minimum absolute atomic E-state index is 0.721. The maximum Gasteiger partial charge on any atom is 0.0220 e. The monoisotopic (exact) mass is 212 g/mol. The summed E-state index contributed by atoms with van der Waals surface area (Å²) in [5, 5.41) is 3.53. The molecule has 2 nitrogen and oxygen atoms in total. The van der Waals surface area contributed by atoms with Crippen molar-refractivity contribution < 1.29 is 0 Å². The van der Waals surface area contributed by atoms with Gasteiger partial charge in [-0.1, -0.05) is 26.7 Å². The summed E-state index contributed by atoms with van der Waals surface area (Å²) in [6.07, 6.45) is 7.05. The van der Waals surface area contributed by atoms with E-state index in [4.69, 9.17) is 0 Å². The summed E-state index contributed by atoms with van der Waals surface area (Å²) in [7, 11) is 2.13.